The number of alkyl halides is 1. The quantitative estimate of drug-likeness (QED) is 0.270. The first-order chi connectivity index (χ1) is 5.17. The molecule has 1 aliphatic carbocycles. The fraction of sp³-hybridized carbons (Fsp3) is 0.286. The van der Waals surface area contributed by atoms with Gasteiger partial charge in [0, 0.05) is 0 Å². The predicted molar refractivity (Wildman–Crippen MR) is 42.9 cm³/mol. The molecule has 1 rings (SSSR count). The number of rotatable bonds is 1. The summed E-state index contributed by atoms with van der Waals surface area (Å²) in [5.41, 5.74) is 0. The first kappa shape index (κ1) is 8.30. The summed E-state index contributed by atoms with van der Waals surface area (Å²) < 4.78 is 0. The molecule has 0 aromatic carbocycles. The molecule has 0 aromatic rings. The Morgan fingerprint density at radius 3 is 2.82 bits per heavy atom. The average molecular weight is 174 g/mol. The third kappa shape index (κ3) is 1.82. The number of hydrogen-bond donors (Lipinski definition) is 2. The molecule has 4 heteroatoms. The van der Waals surface area contributed by atoms with Gasteiger partial charge in [0.2, 0.25) is 0 Å². The van der Waals surface area contributed by atoms with Crippen LogP contribution in [0.1, 0.15) is 0 Å². The maximum Gasteiger partial charge on any atom is 0.169 e. The predicted octanol–water partition coefficient (Wildman–Crippen LogP) is 1.12. The van der Waals surface area contributed by atoms with Gasteiger partial charge in [-0.15, -0.1) is 5.16 Å². The summed E-state index contributed by atoms with van der Waals surface area (Å²) >= 11 is 5.63. The molecule has 1 aliphatic rings. The van der Waals surface area contributed by atoms with E-state index in [4.69, 9.17) is 16.8 Å². The second-order valence-corrected chi connectivity index (χ2v) is 2.87. The van der Waals surface area contributed by atoms with Crippen LogP contribution in [-0.2, 0) is 0 Å². The van der Waals surface area contributed by atoms with Crippen LogP contribution in [0.2, 0.25) is 0 Å². The van der Waals surface area contributed by atoms with Crippen LogP contribution in [0.15, 0.2) is 29.5 Å². The minimum absolute atomic E-state index is 0.473. The van der Waals surface area contributed by atoms with Crippen molar-refractivity contribution >= 4 is 17.8 Å². The normalized spacial score (nSPS) is 36.7. The summed E-state index contributed by atoms with van der Waals surface area (Å²) in [6.45, 7) is 0. The molecular weight excluding hydrogens is 166 g/mol. The van der Waals surface area contributed by atoms with Crippen molar-refractivity contribution in [3.05, 3.63) is 24.3 Å². The molecule has 0 saturated heterocycles. The van der Waals surface area contributed by atoms with Gasteiger partial charge in [-0.2, -0.15) is 0 Å². The van der Waals surface area contributed by atoms with Crippen molar-refractivity contribution in [3.63, 3.8) is 0 Å². The maximum atomic E-state index is 9.39. The highest BCUT2D eigenvalue weighted by Gasteiger charge is 2.30. The van der Waals surface area contributed by atoms with Crippen LogP contribution in [-0.4, -0.2) is 21.6 Å². The first-order valence-electron chi connectivity index (χ1n) is 3.11. The fourth-order valence-corrected chi connectivity index (χ4v) is 1.05. The topological polar surface area (TPSA) is 52.8 Å². The van der Waals surface area contributed by atoms with Crippen LogP contribution in [0.5, 0.6) is 0 Å². The lowest BCUT2D eigenvalue weighted by Crippen LogP contribution is -2.30. The minimum Gasteiger partial charge on any atom is -0.411 e. The molecule has 0 radical (unpaired) electrons. The number of aliphatic hydroxyl groups is 1. The van der Waals surface area contributed by atoms with Gasteiger partial charge in [-0.3, -0.25) is 0 Å². The van der Waals surface area contributed by atoms with Crippen molar-refractivity contribution in [1.29, 1.82) is 0 Å². The van der Waals surface area contributed by atoms with Crippen molar-refractivity contribution in [2.75, 3.05) is 0 Å². The Bertz CT molecular complexity index is 220. The van der Waals surface area contributed by atoms with E-state index in [1.54, 1.807) is 18.2 Å². The van der Waals surface area contributed by atoms with Crippen LogP contribution in [0.4, 0.5) is 0 Å². The van der Waals surface area contributed by atoms with E-state index in [-0.39, 0.29) is 0 Å². The molecule has 2 unspecified atom stereocenters. The number of hydrogen-bond acceptors (Lipinski definition) is 3. The zero-order valence-electron chi connectivity index (χ0n) is 5.68. The molecule has 0 amide bonds. The van der Waals surface area contributed by atoms with E-state index in [9.17, 15) is 5.11 Å². The lowest BCUT2D eigenvalue weighted by Gasteiger charge is -2.23. The molecular formula is C7H8ClNO2. The van der Waals surface area contributed by atoms with Gasteiger partial charge in [-0.25, -0.2) is 0 Å². The smallest absolute Gasteiger partial charge is 0.169 e. The Hall–Kier alpha value is -0.800. The van der Waals surface area contributed by atoms with E-state index in [2.05, 4.69) is 5.16 Å². The molecule has 0 saturated carbocycles. The van der Waals surface area contributed by atoms with E-state index in [0.717, 1.165) is 0 Å². The Morgan fingerprint density at radius 2 is 2.27 bits per heavy atom. The van der Waals surface area contributed by atoms with E-state index < -0.39 is 11.0 Å². The summed E-state index contributed by atoms with van der Waals surface area (Å²) in [5.74, 6) is -0.473. The lowest BCUT2D eigenvalue weighted by molar-refractivity contribution is 0.158. The summed E-state index contributed by atoms with van der Waals surface area (Å²) in [6.07, 6.45) is 7.61. The monoisotopic (exact) mass is 173 g/mol. The zero-order chi connectivity index (χ0) is 8.32. The van der Waals surface area contributed by atoms with Crippen molar-refractivity contribution < 1.29 is 10.3 Å². The number of allylic oxidation sites excluding steroid dienone is 2. The fourth-order valence-electron chi connectivity index (χ4n) is 0.846. The highest BCUT2D eigenvalue weighted by molar-refractivity contribution is 6.25. The van der Waals surface area contributed by atoms with Crippen molar-refractivity contribution in [2.24, 2.45) is 11.1 Å². The third-order valence-electron chi connectivity index (χ3n) is 1.45. The molecule has 60 valence electrons. The van der Waals surface area contributed by atoms with E-state index in [1.165, 1.54) is 12.3 Å². The van der Waals surface area contributed by atoms with Gasteiger partial charge in [-0.05, 0) is 6.08 Å². The lowest BCUT2D eigenvalue weighted by atomic mass is 9.98. The van der Waals surface area contributed by atoms with Crippen molar-refractivity contribution in [2.45, 2.75) is 5.06 Å². The zero-order valence-corrected chi connectivity index (χ0v) is 6.44. The summed E-state index contributed by atoms with van der Waals surface area (Å²) in [5, 5.41) is 18.9. The Morgan fingerprint density at radius 1 is 1.55 bits per heavy atom. The Kier molecular flexibility index (Phi) is 2.31. The first-order valence-corrected chi connectivity index (χ1v) is 3.49. The number of oxime groups is 1. The van der Waals surface area contributed by atoms with Crippen molar-refractivity contribution in [1.82, 2.24) is 0 Å². The summed E-state index contributed by atoms with van der Waals surface area (Å²) in [7, 11) is 0. The Labute approximate surface area is 69.3 Å². The number of nitrogens with zero attached hydrogens (tertiary/aromatic N) is 1. The van der Waals surface area contributed by atoms with Crippen LogP contribution >= 0.6 is 11.6 Å². The van der Waals surface area contributed by atoms with E-state index >= 15 is 0 Å². The molecule has 11 heavy (non-hydrogen) atoms. The second-order valence-electron chi connectivity index (χ2n) is 2.26. The molecule has 2 N–H and O–H groups in total. The molecule has 0 bridgehead atoms. The van der Waals surface area contributed by atoms with Crippen molar-refractivity contribution in [3.8, 4) is 0 Å². The third-order valence-corrected chi connectivity index (χ3v) is 1.83. The van der Waals surface area contributed by atoms with Gasteiger partial charge in [0.25, 0.3) is 0 Å². The van der Waals surface area contributed by atoms with E-state index in [0.29, 0.717) is 0 Å². The maximum absolute atomic E-state index is 9.39. The van der Waals surface area contributed by atoms with Crippen LogP contribution in [0.3, 0.4) is 0 Å². The molecule has 0 heterocycles. The highest BCUT2D eigenvalue weighted by Crippen LogP contribution is 2.26. The van der Waals surface area contributed by atoms with Crippen LogP contribution in [0.25, 0.3) is 0 Å². The van der Waals surface area contributed by atoms with Gasteiger partial charge < -0.3 is 10.3 Å². The minimum atomic E-state index is -1.46. The molecule has 0 aliphatic heterocycles. The highest BCUT2D eigenvalue weighted by atomic mass is 35.5. The van der Waals surface area contributed by atoms with Crippen LogP contribution in [0, 0.1) is 5.92 Å². The molecule has 2 atom stereocenters. The van der Waals surface area contributed by atoms with E-state index in [1.807, 2.05) is 0 Å². The van der Waals surface area contributed by atoms with Crippen LogP contribution < -0.4 is 0 Å². The second kappa shape index (κ2) is 3.07. The SMILES string of the molecule is O/N=C/C1C=CC=CC1(O)Cl. The van der Waals surface area contributed by atoms with Gasteiger partial charge in [0.05, 0.1) is 12.1 Å². The summed E-state index contributed by atoms with van der Waals surface area (Å²) in [4.78, 5) is 0. The molecule has 3 nitrogen and oxygen atoms in total. The van der Waals surface area contributed by atoms with Gasteiger partial charge in [0.1, 0.15) is 0 Å². The van der Waals surface area contributed by atoms with Gasteiger partial charge >= 0.3 is 0 Å². The molecule has 0 fully saturated rings. The molecule has 0 spiro atoms. The largest absolute Gasteiger partial charge is 0.411 e. The Balaban J connectivity index is 2.80. The van der Waals surface area contributed by atoms with Gasteiger partial charge in [-0.1, -0.05) is 29.8 Å². The summed E-state index contributed by atoms with van der Waals surface area (Å²) in [6, 6.07) is 0. The molecule has 0 aromatic heterocycles. The number of halogens is 1. The standard InChI is InChI=1S/C7H8ClNO2/c8-7(10)4-2-1-3-6(7)5-9-11/h1-6,10-11H/b9-5+. The van der Waals surface area contributed by atoms with Gasteiger partial charge in [0.15, 0.2) is 5.06 Å². The average Bonchev–Trinajstić information content (AvgIpc) is 1.94.